The smallest absolute Gasteiger partial charge is 0.329 e. The van der Waals surface area contributed by atoms with Crippen molar-refractivity contribution < 1.29 is 19.8 Å². The molecular weight excluding hydrogens is 270 g/mol. The predicted octanol–water partition coefficient (Wildman–Crippen LogP) is 2.18. The van der Waals surface area contributed by atoms with Crippen molar-refractivity contribution in [2.45, 2.75) is 44.6 Å². The van der Waals surface area contributed by atoms with Crippen molar-refractivity contribution in [2.75, 3.05) is 6.54 Å². The van der Waals surface area contributed by atoms with E-state index in [1.54, 1.807) is 12.1 Å². The molecule has 1 saturated heterocycles. The van der Waals surface area contributed by atoms with E-state index in [4.69, 9.17) is 0 Å². The lowest BCUT2D eigenvalue weighted by molar-refractivity contribution is -0.156. The van der Waals surface area contributed by atoms with Gasteiger partial charge in [0.2, 0.25) is 5.91 Å². The van der Waals surface area contributed by atoms with Crippen LogP contribution in [0.5, 0.6) is 5.75 Å². The molecule has 1 amide bonds. The van der Waals surface area contributed by atoms with E-state index in [2.05, 4.69) is 0 Å². The van der Waals surface area contributed by atoms with Gasteiger partial charge in [-0.2, -0.15) is 0 Å². The molecular formula is C16H21NO4. The lowest BCUT2D eigenvalue weighted by Crippen LogP contribution is -2.53. The third-order valence-electron chi connectivity index (χ3n) is 4.14. The minimum absolute atomic E-state index is 0.151. The zero-order valence-corrected chi connectivity index (χ0v) is 12.2. The second-order valence-electron chi connectivity index (χ2n) is 5.58. The van der Waals surface area contributed by atoms with Crippen molar-refractivity contribution in [3.8, 4) is 5.75 Å². The average molecular weight is 291 g/mol. The number of phenols is 1. The Bertz CT molecular complexity index is 526. The molecule has 0 radical (unpaired) electrons. The summed E-state index contributed by atoms with van der Waals surface area (Å²) in [4.78, 5) is 25.7. The van der Waals surface area contributed by atoms with E-state index in [-0.39, 0.29) is 18.1 Å². The molecule has 1 unspecified atom stereocenters. The summed E-state index contributed by atoms with van der Waals surface area (Å²) in [5.41, 5.74) is -0.261. The predicted molar refractivity (Wildman–Crippen MR) is 78.0 cm³/mol. The third kappa shape index (κ3) is 3.01. The van der Waals surface area contributed by atoms with Crippen LogP contribution in [0.2, 0.25) is 0 Å². The van der Waals surface area contributed by atoms with Gasteiger partial charge in [-0.3, -0.25) is 4.79 Å². The van der Waals surface area contributed by atoms with Crippen molar-refractivity contribution in [2.24, 2.45) is 0 Å². The van der Waals surface area contributed by atoms with Crippen LogP contribution in [0.4, 0.5) is 0 Å². The molecule has 1 atom stereocenters. The van der Waals surface area contributed by atoms with E-state index in [1.165, 1.54) is 17.0 Å². The van der Waals surface area contributed by atoms with Crippen LogP contribution in [0.3, 0.4) is 0 Å². The van der Waals surface area contributed by atoms with Crippen molar-refractivity contribution in [3.05, 3.63) is 29.8 Å². The molecule has 1 aliphatic heterocycles. The number of carbonyl (C=O) groups excluding carboxylic acids is 1. The van der Waals surface area contributed by atoms with Gasteiger partial charge in [0.25, 0.3) is 0 Å². The van der Waals surface area contributed by atoms with Gasteiger partial charge in [0.1, 0.15) is 11.3 Å². The van der Waals surface area contributed by atoms with E-state index in [1.807, 2.05) is 6.92 Å². The number of benzene rings is 1. The summed E-state index contributed by atoms with van der Waals surface area (Å²) in [6, 6.07) is 6.43. The number of carboxylic acid groups (broad SMARTS) is 1. The monoisotopic (exact) mass is 291 g/mol. The molecule has 0 bridgehead atoms. The molecule has 0 aliphatic carbocycles. The summed E-state index contributed by atoms with van der Waals surface area (Å²) in [7, 11) is 0. The summed E-state index contributed by atoms with van der Waals surface area (Å²) < 4.78 is 0. The Hall–Kier alpha value is -2.04. The van der Waals surface area contributed by atoms with Gasteiger partial charge in [0, 0.05) is 6.54 Å². The maximum Gasteiger partial charge on any atom is 0.329 e. The van der Waals surface area contributed by atoms with Gasteiger partial charge in [-0.15, -0.1) is 0 Å². The fourth-order valence-corrected chi connectivity index (χ4v) is 3.13. The number of nitrogens with zero attached hydrogens (tertiary/aromatic N) is 1. The topological polar surface area (TPSA) is 77.8 Å². The first kappa shape index (κ1) is 15.4. The van der Waals surface area contributed by atoms with Crippen LogP contribution in [0, 0.1) is 0 Å². The number of aromatic hydroxyl groups is 1. The van der Waals surface area contributed by atoms with Crippen molar-refractivity contribution in [3.63, 3.8) is 0 Å². The molecule has 21 heavy (non-hydrogen) atoms. The molecule has 2 rings (SSSR count). The maximum absolute atomic E-state index is 12.5. The van der Waals surface area contributed by atoms with E-state index in [0.29, 0.717) is 19.4 Å². The van der Waals surface area contributed by atoms with Gasteiger partial charge >= 0.3 is 5.97 Å². The van der Waals surface area contributed by atoms with Crippen LogP contribution >= 0.6 is 0 Å². The molecule has 0 aromatic heterocycles. The maximum atomic E-state index is 12.5. The molecule has 0 spiro atoms. The quantitative estimate of drug-likeness (QED) is 0.871. The Balaban J connectivity index is 2.16. The minimum Gasteiger partial charge on any atom is -0.508 e. The second kappa shape index (κ2) is 6.16. The normalized spacial score (nSPS) is 21.5. The largest absolute Gasteiger partial charge is 0.508 e. The zero-order chi connectivity index (χ0) is 15.5. The van der Waals surface area contributed by atoms with Gasteiger partial charge in [-0.05, 0) is 37.0 Å². The molecule has 1 aliphatic rings. The minimum atomic E-state index is -1.04. The summed E-state index contributed by atoms with van der Waals surface area (Å²) in [5.74, 6) is -0.909. The first-order chi connectivity index (χ1) is 9.99. The fourth-order valence-electron chi connectivity index (χ4n) is 3.13. The highest BCUT2D eigenvalue weighted by atomic mass is 16.4. The lowest BCUT2D eigenvalue weighted by Gasteiger charge is -2.34. The number of phenolic OH excluding ortho intramolecular Hbond substituents is 1. The van der Waals surface area contributed by atoms with Crippen molar-refractivity contribution >= 4 is 11.9 Å². The highest BCUT2D eigenvalue weighted by Gasteiger charge is 2.48. The summed E-state index contributed by atoms with van der Waals surface area (Å²) in [6.07, 6.45) is 2.64. The number of rotatable bonds is 5. The number of carboxylic acids is 1. The molecule has 1 fully saturated rings. The molecule has 5 nitrogen and oxygen atoms in total. The van der Waals surface area contributed by atoms with E-state index < -0.39 is 11.5 Å². The van der Waals surface area contributed by atoms with Crippen LogP contribution in [-0.4, -0.2) is 39.1 Å². The van der Waals surface area contributed by atoms with Crippen LogP contribution in [0.15, 0.2) is 24.3 Å². The van der Waals surface area contributed by atoms with Crippen LogP contribution in [0.1, 0.15) is 38.2 Å². The number of hydrogen-bond acceptors (Lipinski definition) is 3. The summed E-state index contributed by atoms with van der Waals surface area (Å²) >= 11 is 0. The molecule has 5 heteroatoms. The van der Waals surface area contributed by atoms with Gasteiger partial charge in [0.15, 0.2) is 0 Å². The third-order valence-corrected chi connectivity index (χ3v) is 4.14. The fraction of sp³-hybridized carbons (Fsp3) is 0.500. The first-order valence-electron chi connectivity index (χ1n) is 7.31. The first-order valence-corrected chi connectivity index (χ1v) is 7.31. The zero-order valence-electron chi connectivity index (χ0n) is 12.2. The summed E-state index contributed by atoms with van der Waals surface area (Å²) in [5, 5.41) is 18.8. The second-order valence-corrected chi connectivity index (χ2v) is 5.58. The summed E-state index contributed by atoms with van der Waals surface area (Å²) in [6.45, 7) is 2.44. The molecule has 114 valence electrons. The van der Waals surface area contributed by atoms with Gasteiger partial charge in [0.05, 0.1) is 6.42 Å². The Labute approximate surface area is 124 Å². The molecule has 1 aromatic carbocycles. The van der Waals surface area contributed by atoms with Crippen LogP contribution in [0.25, 0.3) is 0 Å². The molecule has 1 aromatic rings. The Morgan fingerprint density at radius 3 is 2.52 bits per heavy atom. The molecule has 0 saturated carbocycles. The van der Waals surface area contributed by atoms with Gasteiger partial charge in [-0.1, -0.05) is 25.5 Å². The van der Waals surface area contributed by atoms with Gasteiger partial charge in [-0.25, -0.2) is 4.79 Å². The number of hydrogen-bond donors (Lipinski definition) is 2. The van der Waals surface area contributed by atoms with E-state index in [0.717, 1.165) is 18.4 Å². The number of aliphatic carboxylic acids is 1. The van der Waals surface area contributed by atoms with Crippen LogP contribution in [-0.2, 0) is 16.0 Å². The molecule has 2 N–H and O–H groups in total. The number of carbonyl (C=O) groups is 2. The standard InChI is InChI=1S/C16H21NO4/c1-2-8-16(15(20)21)9-3-10-17(16)14(19)11-12-4-6-13(18)7-5-12/h4-7,18H,2-3,8-11H2,1H3,(H,20,21). The average Bonchev–Trinajstić information content (AvgIpc) is 2.87. The highest BCUT2D eigenvalue weighted by Crippen LogP contribution is 2.34. The van der Waals surface area contributed by atoms with E-state index >= 15 is 0 Å². The number of likely N-dealkylation sites (tertiary alicyclic amines) is 1. The lowest BCUT2D eigenvalue weighted by atomic mass is 9.90. The van der Waals surface area contributed by atoms with E-state index in [9.17, 15) is 19.8 Å². The highest BCUT2D eigenvalue weighted by molar-refractivity contribution is 5.88. The Morgan fingerprint density at radius 2 is 1.95 bits per heavy atom. The molecule has 1 heterocycles. The van der Waals surface area contributed by atoms with Crippen molar-refractivity contribution in [1.82, 2.24) is 4.90 Å². The Kier molecular flexibility index (Phi) is 4.50. The SMILES string of the molecule is CCCC1(C(=O)O)CCCN1C(=O)Cc1ccc(O)cc1. The van der Waals surface area contributed by atoms with Crippen molar-refractivity contribution in [1.29, 1.82) is 0 Å². The Morgan fingerprint density at radius 1 is 1.29 bits per heavy atom. The van der Waals surface area contributed by atoms with Crippen LogP contribution < -0.4 is 0 Å². The number of amides is 1. The van der Waals surface area contributed by atoms with Gasteiger partial charge < -0.3 is 15.1 Å².